The lowest BCUT2D eigenvalue weighted by molar-refractivity contribution is -0.119. The SMILES string of the molecule is CCCCCC1c2cc3c4c(C)c2OCOc2c1cc1c(c2CNC(=O)CCl)OCOc2c(cc5c(c2C)OCOc2c(cc(c(c2CNC(=O)CCl)OCO4)C3CCCCC)C5CCCCC)C1CCCCC. The summed E-state index contributed by atoms with van der Waals surface area (Å²) < 4.78 is 55.0. The molecule has 2 amide bonds. The number of ether oxygens (including phenoxy) is 8. The summed E-state index contributed by atoms with van der Waals surface area (Å²) in [6, 6.07) is 9.47. The Morgan fingerprint density at radius 1 is 0.405 bits per heavy atom. The van der Waals surface area contributed by atoms with E-state index >= 15 is 0 Å². The van der Waals surface area contributed by atoms with Crippen LogP contribution in [0.3, 0.4) is 0 Å². The maximum absolute atomic E-state index is 13.2. The van der Waals surface area contributed by atoms with Crippen LogP contribution in [0.25, 0.3) is 0 Å². The van der Waals surface area contributed by atoms with Crippen molar-refractivity contribution < 1.29 is 47.5 Å². The lowest BCUT2D eigenvalue weighted by atomic mass is 9.74. The van der Waals surface area contributed by atoms with Gasteiger partial charge in [0.05, 0.1) is 24.2 Å². The molecule has 8 bridgehead atoms. The third kappa shape index (κ3) is 10.6. The van der Waals surface area contributed by atoms with E-state index in [0.717, 1.165) is 192 Å². The number of nitrogens with one attached hydrogen (secondary N) is 2. The van der Waals surface area contributed by atoms with Gasteiger partial charge in [-0.2, -0.15) is 0 Å². The van der Waals surface area contributed by atoms with Gasteiger partial charge in [0.1, 0.15) is 57.8 Å². The lowest BCUT2D eigenvalue weighted by Crippen LogP contribution is -2.28. The fourth-order valence-corrected chi connectivity index (χ4v) is 12.6. The number of rotatable bonds is 22. The zero-order valence-corrected chi connectivity index (χ0v) is 45.9. The maximum atomic E-state index is 13.2. The first-order chi connectivity index (χ1) is 36.2. The average Bonchev–Trinajstić information content (AvgIpc) is 3.39. The number of halogens is 2. The molecular weight excluding hydrogens is 980 g/mol. The van der Waals surface area contributed by atoms with Crippen LogP contribution in [-0.4, -0.2) is 50.7 Å². The normalized spacial score (nSPS) is 18.5. The summed E-state index contributed by atoms with van der Waals surface area (Å²) in [6.45, 7) is 13.0. The molecule has 400 valence electrons. The first-order valence-electron chi connectivity index (χ1n) is 27.6. The Morgan fingerprint density at radius 3 is 0.865 bits per heavy atom. The molecule has 0 aromatic heterocycles. The molecule has 12 nitrogen and oxygen atoms in total. The largest absolute Gasteiger partial charge is 0.457 e. The van der Waals surface area contributed by atoms with E-state index in [0.29, 0.717) is 23.0 Å². The van der Waals surface area contributed by atoms with Gasteiger partial charge in [0.15, 0.2) is 0 Å². The van der Waals surface area contributed by atoms with Crippen LogP contribution in [0, 0.1) is 13.8 Å². The predicted octanol–water partition coefficient (Wildman–Crippen LogP) is 14.1. The molecule has 4 aromatic rings. The Hall–Kier alpha value is -5.20. The summed E-state index contributed by atoms with van der Waals surface area (Å²) in [7, 11) is 0. The second-order valence-electron chi connectivity index (χ2n) is 20.7. The van der Waals surface area contributed by atoms with E-state index in [1.807, 2.05) is 0 Å². The van der Waals surface area contributed by atoms with Crippen LogP contribution in [0.15, 0.2) is 24.3 Å². The Morgan fingerprint density at radius 2 is 0.635 bits per heavy atom. The average molecular weight is 1060 g/mol. The quantitative estimate of drug-likeness (QED) is 0.0579. The molecule has 0 saturated carbocycles. The van der Waals surface area contributed by atoms with Crippen LogP contribution >= 0.6 is 23.2 Å². The number of benzene rings is 4. The van der Waals surface area contributed by atoms with Crippen molar-refractivity contribution >= 4 is 35.0 Å². The number of carbonyl (C=O) groups is 2. The molecule has 0 saturated heterocycles. The number of amides is 2. The molecular formula is C60H76Cl2N2O10. The number of carbonyl (C=O) groups excluding carboxylic acids is 2. The van der Waals surface area contributed by atoms with Gasteiger partial charge < -0.3 is 48.5 Å². The third-order valence-electron chi connectivity index (χ3n) is 16.0. The van der Waals surface area contributed by atoms with Gasteiger partial charge in [-0.15, -0.1) is 23.2 Å². The minimum atomic E-state index is -0.294. The number of hydrogen-bond acceptors (Lipinski definition) is 10. The van der Waals surface area contributed by atoms with E-state index in [1.165, 1.54) is 0 Å². The molecule has 5 aliphatic rings. The Bertz CT molecular complexity index is 2360. The van der Waals surface area contributed by atoms with Gasteiger partial charge in [0, 0.05) is 79.3 Å². The summed E-state index contributed by atoms with van der Waals surface area (Å²) in [5.41, 5.74) is 11.6. The van der Waals surface area contributed by atoms with Gasteiger partial charge in [-0.3, -0.25) is 9.59 Å². The van der Waals surface area contributed by atoms with Crippen molar-refractivity contribution in [1.82, 2.24) is 10.6 Å². The molecule has 0 fully saturated rings. The van der Waals surface area contributed by atoms with Crippen LogP contribution in [0.1, 0.15) is 221 Å². The van der Waals surface area contributed by atoms with Crippen molar-refractivity contribution in [3.63, 3.8) is 0 Å². The summed E-state index contributed by atoms with van der Waals surface area (Å²) in [4.78, 5) is 26.4. The molecule has 1 aliphatic carbocycles. The highest BCUT2D eigenvalue weighted by molar-refractivity contribution is 6.27. The van der Waals surface area contributed by atoms with Crippen LogP contribution in [0.2, 0.25) is 0 Å². The van der Waals surface area contributed by atoms with Gasteiger partial charge >= 0.3 is 0 Å². The summed E-state index contributed by atoms with van der Waals surface area (Å²) in [5.74, 6) is 3.77. The van der Waals surface area contributed by atoms with E-state index < -0.39 is 0 Å². The molecule has 4 unspecified atom stereocenters. The van der Waals surface area contributed by atoms with Crippen LogP contribution in [0.5, 0.6) is 46.0 Å². The Balaban J connectivity index is 1.47. The van der Waals surface area contributed by atoms with E-state index in [1.54, 1.807) is 0 Å². The third-order valence-corrected chi connectivity index (χ3v) is 16.5. The molecule has 74 heavy (non-hydrogen) atoms. The molecule has 4 heterocycles. The van der Waals surface area contributed by atoms with Gasteiger partial charge in [0.25, 0.3) is 0 Å². The smallest absolute Gasteiger partial charge is 0.235 e. The van der Waals surface area contributed by atoms with E-state index in [4.69, 9.17) is 61.1 Å². The molecule has 0 spiro atoms. The molecule has 4 aromatic carbocycles. The van der Waals surface area contributed by atoms with E-state index in [2.05, 4.69) is 76.4 Å². The summed E-state index contributed by atoms with van der Waals surface area (Å²) >= 11 is 12.4. The Kier molecular flexibility index (Phi) is 17.9. The number of unbranched alkanes of at least 4 members (excludes halogenated alkanes) is 8. The second kappa shape index (κ2) is 24.6. The highest BCUT2D eigenvalue weighted by atomic mass is 35.5. The van der Waals surface area contributed by atoms with Crippen LogP contribution < -0.4 is 48.5 Å². The van der Waals surface area contributed by atoms with Crippen LogP contribution in [0.4, 0.5) is 0 Å². The standard InChI is InChI=1S/C60H76Cl2N2O10/c1-7-11-15-19-37-41-23-42-38(20-16-12-8-2)47-26-48-40(22-18-14-10-4)44-24-43-39(21-17-13-9-3)46-25-45(37)57-49(29-63-51(65)27-61)58(46)72-33-69-55(43)36(6)56(44)70-34-74-60(48)50(30-64-52(66)28-62)59(47)73-32-68-54(42)35(5)53(41)67-31-71-57/h23-26,37-40H,7-22,27-34H2,1-6H3,(H,63,65)(H,64,66). The van der Waals surface area contributed by atoms with Crippen molar-refractivity contribution in [3.8, 4) is 46.0 Å². The molecule has 9 rings (SSSR count). The molecule has 0 radical (unpaired) electrons. The van der Waals surface area contributed by atoms with Crippen molar-refractivity contribution in [3.05, 3.63) is 91.0 Å². The predicted molar refractivity (Wildman–Crippen MR) is 289 cm³/mol. The highest BCUT2D eigenvalue weighted by Crippen LogP contribution is 2.58. The van der Waals surface area contributed by atoms with Crippen molar-refractivity contribution in [2.45, 2.75) is 181 Å². The van der Waals surface area contributed by atoms with Gasteiger partial charge in [-0.1, -0.05) is 105 Å². The van der Waals surface area contributed by atoms with Crippen molar-refractivity contribution in [1.29, 1.82) is 0 Å². The minimum absolute atomic E-state index is 0.0939. The van der Waals surface area contributed by atoms with Crippen molar-refractivity contribution in [2.75, 3.05) is 38.9 Å². The summed E-state index contributed by atoms with van der Waals surface area (Å²) in [5, 5.41) is 6.21. The lowest BCUT2D eigenvalue weighted by Gasteiger charge is -2.37. The van der Waals surface area contributed by atoms with E-state index in [-0.39, 0.29) is 87.5 Å². The van der Waals surface area contributed by atoms with Gasteiger partial charge in [0.2, 0.25) is 39.0 Å². The fourth-order valence-electron chi connectivity index (χ4n) is 12.4. The fraction of sp³-hybridized carbons (Fsp3) is 0.567. The zero-order valence-electron chi connectivity index (χ0n) is 44.4. The maximum Gasteiger partial charge on any atom is 0.235 e. The minimum Gasteiger partial charge on any atom is -0.457 e. The Labute approximate surface area is 448 Å². The highest BCUT2D eigenvalue weighted by Gasteiger charge is 2.41. The molecule has 4 atom stereocenters. The molecule has 4 aliphatic heterocycles. The van der Waals surface area contributed by atoms with Gasteiger partial charge in [-0.25, -0.2) is 0 Å². The van der Waals surface area contributed by atoms with Crippen molar-refractivity contribution in [2.24, 2.45) is 0 Å². The summed E-state index contributed by atoms with van der Waals surface area (Å²) in [6.07, 6.45) is 15.4. The first-order valence-corrected chi connectivity index (χ1v) is 28.7. The van der Waals surface area contributed by atoms with E-state index in [9.17, 15) is 9.59 Å². The molecule has 2 N–H and O–H groups in total. The first kappa shape index (κ1) is 53.6. The second-order valence-corrected chi connectivity index (χ2v) is 21.2. The molecule has 14 heteroatoms. The number of hydrogen-bond donors (Lipinski definition) is 2. The number of alkyl halides is 2. The topological polar surface area (TPSA) is 132 Å². The monoisotopic (exact) mass is 1050 g/mol. The van der Waals surface area contributed by atoms with Crippen LogP contribution in [-0.2, 0) is 22.7 Å². The van der Waals surface area contributed by atoms with Gasteiger partial charge in [-0.05, 0) is 63.8 Å². The zero-order chi connectivity index (χ0) is 51.9.